The lowest BCUT2D eigenvalue weighted by atomic mass is 9.93. The molecule has 17 nitrogen and oxygen atoms in total. The molecule has 0 radical (unpaired) electrons. The molecule has 3 aliphatic rings. The van der Waals surface area contributed by atoms with Gasteiger partial charge in [-0.15, -0.1) is 0 Å². The van der Waals surface area contributed by atoms with Crippen molar-refractivity contribution in [1.29, 1.82) is 0 Å². The quantitative estimate of drug-likeness (QED) is 0.0473. The molecule has 3 N–H and O–H groups in total. The summed E-state index contributed by atoms with van der Waals surface area (Å²) in [6, 6.07) is 14.9. The highest BCUT2D eigenvalue weighted by atomic mass is 16.6. The van der Waals surface area contributed by atoms with Crippen LogP contribution in [-0.2, 0) is 42.0 Å². The first-order valence-corrected chi connectivity index (χ1v) is 25.4. The van der Waals surface area contributed by atoms with E-state index in [1.165, 1.54) is 15.7 Å². The maximum atomic E-state index is 13.0. The number of carbonyl (C=O) groups is 2. The van der Waals surface area contributed by atoms with Crippen LogP contribution in [0.1, 0.15) is 101 Å². The van der Waals surface area contributed by atoms with Crippen molar-refractivity contribution in [3.8, 4) is 11.1 Å². The highest BCUT2D eigenvalue weighted by Gasteiger charge is 2.31. The van der Waals surface area contributed by atoms with Crippen LogP contribution < -0.4 is 16.3 Å². The van der Waals surface area contributed by atoms with Gasteiger partial charge < -0.3 is 33.9 Å². The van der Waals surface area contributed by atoms with Gasteiger partial charge in [0.05, 0.1) is 63.4 Å². The molecule has 69 heavy (non-hydrogen) atoms. The van der Waals surface area contributed by atoms with Crippen LogP contribution in [0, 0.1) is 0 Å². The molecule has 8 rings (SSSR count). The summed E-state index contributed by atoms with van der Waals surface area (Å²) < 4.78 is 28.5. The number of carbonyl (C=O) groups excluding carboxylic acids is 2. The van der Waals surface area contributed by atoms with Crippen LogP contribution in [0.25, 0.3) is 33.2 Å². The SMILES string of the molecule is CCCCNc1ncc2c(-c3ccc(C(C)N4CCN(CCOCCOCCOCCOCCCc5ccc6c(c5)n(C)c(=O)n6C5CCC(=O)NC5=O)CC4)cc3)cn(C3CCC(O)CC3)c2n1. The molecule has 1 saturated carbocycles. The number of amides is 2. The first-order chi connectivity index (χ1) is 33.7. The second kappa shape index (κ2) is 24.7. The van der Waals surface area contributed by atoms with Gasteiger partial charge in [0, 0.05) is 94.8 Å². The zero-order valence-corrected chi connectivity index (χ0v) is 40.9. The molecule has 0 spiro atoms. The zero-order chi connectivity index (χ0) is 48.1. The lowest BCUT2D eigenvalue weighted by Gasteiger charge is -2.38. The van der Waals surface area contributed by atoms with E-state index in [0.29, 0.717) is 82.8 Å². The Morgan fingerprint density at radius 1 is 0.826 bits per heavy atom. The third-order valence-corrected chi connectivity index (χ3v) is 14.2. The predicted octanol–water partition coefficient (Wildman–Crippen LogP) is 5.80. The first kappa shape index (κ1) is 50.4. The molecule has 5 heterocycles. The van der Waals surface area contributed by atoms with E-state index in [0.717, 1.165) is 118 Å². The van der Waals surface area contributed by atoms with E-state index < -0.39 is 11.9 Å². The summed E-state index contributed by atoms with van der Waals surface area (Å²) in [7, 11) is 1.71. The number of imide groups is 1. The van der Waals surface area contributed by atoms with Crippen LogP contribution in [0.5, 0.6) is 0 Å². The van der Waals surface area contributed by atoms with Crippen LogP contribution in [0.15, 0.2) is 59.7 Å². The first-order valence-electron chi connectivity index (χ1n) is 25.4. The van der Waals surface area contributed by atoms with Crippen molar-refractivity contribution in [2.75, 3.05) is 97.4 Å². The zero-order valence-electron chi connectivity index (χ0n) is 40.9. The monoisotopic (exact) mass is 952 g/mol. The minimum absolute atomic E-state index is 0.203. The second-order valence-electron chi connectivity index (χ2n) is 18.9. The average molecular weight is 952 g/mol. The molecule has 2 aromatic carbocycles. The van der Waals surface area contributed by atoms with Crippen molar-refractivity contribution in [1.82, 2.24) is 38.8 Å². The van der Waals surface area contributed by atoms with Crippen molar-refractivity contribution >= 4 is 39.8 Å². The third kappa shape index (κ3) is 12.9. The number of piperidine rings is 1. The van der Waals surface area contributed by atoms with E-state index in [1.807, 2.05) is 24.4 Å². The van der Waals surface area contributed by atoms with Gasteiger partial charge in [0.1, 0.15) is 11.7 Å². The van der Waals surface area contributed by atoms with Crippen molar-refractivity contribution in [3.63, 3.8) is 0 Å². The Labute approximate surface area is 405 Å². The highest BCUT2D eigenvalue weighted by Crippen LogP contribution is 2.37. The Morgan fingerprint density at radius 2 is 1.52 bits per heavy atom. The molecular formula is C52H73N9O8. The Hall–Kier alpha value is -5.01. The van der Waals surface area contributed by atoms with Gasteiger partial charge in [-0.3, -0.25) is 33.8 Å². The molecule has 2 amide bonds. The number of rotatable bonds is 25. The van der Waals surface area contributed by atoms with Gasteiger partial charge in [0.15, 0.2) is 0 Å². The van der Waals surface area contributed by atoms with Crippen LogP contribution in [0.3, 0.4) is 0 Å². The van der Waals surface area contributed by atoms with Crippen molar-refractivity contribution in [3.05, 3.63) is 76.5 Å². The molecule has 0 bridgehead atoms. The van der Waals surface area contributed by atoms with Gasteiger partial charge in [-0.05, 0) is 87.1 Å². The smallest absolute Gasteiger partial charge is 0.329 e. The highest BCUT2D eigenvalue weighted by molar-refractivity contribution is 6.00. The minimum Gasteiger partial charge on any atom is -0.393 e. The predicted molar refractivity (Wildman–Crippen MR) is 266 cm³/mol. The summed E-state index contributed by atoms with van der Waals surface area (Å²) in [6.45, 7) is 14.7. The number of anilines is 1. The second-order valence-corrected chi connectivity index (χ2v) is 18.9. The number of aliphatic hydroxyl groups excluding tert-OH is 1. The molecule has 5 aromatic rings. The van der Waals surface area contributed by atoms with Crippen molar-refractivity contribution in [2.24, 2.45) is 7.05 Å². The Bertz CT molecular complexity index is 2510. The molecule has 2 atom stereocenters. The summed E-state index contributed by atoms with van der Waals surface area (Å²) in [5.41, 5.74) is 6.87. The van der Waals surface area contributed by atoms with Gasteiger partial charge >= 0.3 is 5.69 Å². The van der Waals surface area contributed by atoms with Gasteiger partial charge in [-0.25, -0.2) is 9.78 Å². The van der Waals surface area contributed by atoms with Crippen LogP contribution in [-0.4, -0.2) is 149 Å². The fourth-order valence-corrected chi connectivity index (χ4v) is 9.99. The van der Waals surface area contributed by atoms with E-state index >= 15 is 0 Å². The summed E-state index contributed by atoms with van der Waals surface area (Å²) in [5.74, 6) is -0.0574. The maximum Gasteiger partial charge on any atom is 0.329 e. The van der Waals surface area contributed by atoms with Gasteiger partial charge in [0.25, 0.3) is 0 Å². The summed E-state index contributed by atoms with van der Waals surface area (Å²) in [4.78, 5) is 51.9. The number of benzene rings is 2. The van der Waals surface area contributed by atoms with Gasteiger partial charge in [0.2, 0.25) is 17.8 Å². The van der Waals surface area contributed by atoms with E-state index in [2.05, 4.69) is 69.3 Å². The molecule has 3 fully saturated rings. The molecule has 1 aliphatic carbocycles. The number of aryl methyl sites for hydroxylation is 2. The van der Waals surface area contributed by atoms with Crippen LogP contribution in [0.4, 0.5) is 5.95 Å². The number of hydrogen-bond acceptors (Lipinski definition) is 13. The van der Waals surface area contributed by atoms with Gasteiger partial charge in [-0.1, -0.05) is 43.7 Å². The molecule has 2 saturated heterocycles. The number of aliphatic hydroxyl groups is 1. The average Bonchev–Trinajstić information content (AvgIpc) is 3.86. The number of fused-ring (bicyclic) bond motifs is 2. The topological polar surface area (TPSA) is 179 Å². The summed E-state index contributed by atoms with van der Waals surface area (Å²) >= 11 is 0. The van der Waals surface area contributed by atoms with Crippen LogP contribution in [0.2, 0.25) is 0 Å². The lowest BCUT2D eigenvalue weighted by molar-refractivity contribution is -0.135. The Balaban J connectivity index is 0.663. The fraction of sp³-hybridized carbons (Fsp3) is 0.596. The lowest BCUT2D eigenvalue weighted by Crippen LogP contribution is -2.47. The largest absolute Gasteiger partial charge is 0.393 e. The van der Waals surface area contributed by atoms with Crippen molar-refractivity contribution in [2.45, 2.75) is 102 Å². The maximum absolute atomic E-state index is 13.0. The normalized spacial score (nSPS) is 20.0. The summed E-state index contributed by atoms with van der Waals surface area (Å²) in [5, 5.41) is 17.0. The number of ether oxygens (including phenoxy) is 4. The van der Waals surface area contributed by atoms with E-state index in [1.54, 1.807) is 11.6 Å². The molecular weight excluding hydrogens is 879 g/mol. The summed E-state index contributed by atoms with van der Waals surface area (Å²) in [6.07, 6.45) is 11.9. The number of piperazine rings is 1. The number of hydrogen-bond donors (Lipinski definition) is 3. The fourth-order valence-electron chi connectivity index (χ4n) is 9.99. The van der Waals surface area contributed by atoms with Crippen molar-refractivity contribution < 1.29 is 33.6 Å². The van der Waals surface area contributed by atoms with E-state index in [4.69, 9.17) is 28.9 Å². The third-order valence-electron chi connectivity index (χ3n) is 14.2. The van der Waals surface area contributed by atoms with Crippen LogP contribution >= 0.6 is 0 Å². The number of aromatic nitrogens is 5. The molecule has 2 unspecified atom stereocenters. The van der Waals surface area contributed by atoms with E-state index in [-0.39, 0.29) is 24.1 Å². The number of nitrogens with one attached hydrogen (secondary N) is 2. The molecule has 3 aromatic heterocycles. The number of unbranched alkanes of at least 4 members (excludes halogenated alkanes) is 1. The number of nitrogens with zero attached hydrogens (tertiary/aromatic N) is 7. The Kier molecular flexibility index (Phi) is 18.0. The molecule has 17 heteroatoms. The standard InChI is InChI=1S/C52H73N9O8/c1-4-5-20-53-51-54-35-43-44(36-60(49(43)56-51)41-13-15-42(62)16-14-41)40-11-9-39(10-12-40)37(2)59-23-21-58(22-24-59)25-27-67-29-31-69-33-32-68-30-28-66-26-6-7-38-8-17-45-47(34-38)57(3)52(65)61(45)46-18-19-48(63)55-50(46)64/h8-12,17,34-37,41-42,46,62H,4-7,13-16,18-33H2,1-3H3,(H,53,54,56)(H,55,63,64). The Morgan fingerprint density at radius 3 is 2.22 bits per heavy atom. The van der Waals surface area contributed by atoms with Gasteiger partial charge in [-0.2, -0.15) is 4.98 Å². The molecule has 374 valence electrons. The number of imidazole rings is 1. The minimum atomic E-state index is -0.688. The van der Waals surface area contributed by atoms with E-state index in [9.17, 15) is 19.5 Å². The molecule has 2 aliphatic heterocycles.